The predicted octanol–water partition coefficient (Wildman–Crippen LogP) is 4.80. The fourth-order valence-corrected chi connectivity index (χ4v) is 2.63. The number of benzene rings is 1. The van der Waals surface area contributed by atoms with Crippen molar-refractivity contribution >= 4 is 5.78 Å². The van der Waals surface area contributed by atoms with Gasteiger partial charge in [0.1, 0.15) is 0 Å². The van der Waals surface area contributed by atoms with Gasteiger partial charge < -0.3 is 0 Å². The molecule has 0 spiro atoms. The van der Waals surface area contributed by atoms with E-state index in [2.05, 4.69) is 39.5 Å². The first-order valence-electron chi connectivity index (χ1n) is 8.26. The van der Waals surface area contributed by atoms with Crippen molar-refractivity contribution in [2.45, 2.75) is 59.9 Å². The van der Waals surface area contributed by atoms with Gasteiger partial charge >= 0.3 is 0 Å². The van der Waals surface area contributed by atoms with Crippen LogP contribution in [0.25, 0.3) is 0 Å². The molecule has 1 aromatic carbocycles. The molecule has 0 heterocycles. The Labute approximate surface area is 130 Å². The molecular formula is C19H31NO. The highest BCUT2D eigenvalue weighted by Gasteiger charge is 2.31. The summed E-state index contributed by atoms with van der Waals surface area (Å²) in [4.78, 5) is 15.2. The van der Waals surface area contributed by atoms with E-state index in [1.165, 1.54) is 12.8 Å². The summed E-state index contributed by atoms with van der Waals surface area (Å²) >= 11 is 0. The van der Waals surface area contributed by atoms with Crippen LogP contribution in [0.15, 0.2) is 30.3 Å². The van der Waals surface area contributed by atoms with E-state index in [4.69, 9.17) is 0 Å². The minimum atomic E-state index is -0.349. The maximum absolute atomic E-state index is 12.8. The molecule has 0 fully saturated rings. The predicted molar refractivity (Wildman–Crippen MR) is 90.8 cm³/mol. The molecule has 0 aromatic heterocycles. The van der Waals surface area contributed by atoms with Crippen LogP contribution in [0.2, 0.25) is 0 Å². The van der Waals surface area contributed by atoms with Gasteiger partial charge in [0, 0.05) is 23.6 Å². The van der Waals surface area contributed by atoms with E-state index in [0.717, 1.165) is 25.1 Å². The largest absolute Gasteiger partial charge is 0.300 e. The molecule has 1 rings (SSSR count). The fourth-order valence-electron chi connectivity index (χ4n) is 2.63. The highest BCUT2D eigenvalue weighted by atomic mass is 16.1. The van der Waals surface area contributed by atoms with Crippen molar-refractivity contribution in [1.82, 2.24) is 4.90 Å². The van der Waals surface area contributed by atoms with Crippen molar-refractivity contribution in [3.63, 3.8) is 0 Å². The molecule has 118 valence electrons. The topological polar surface area (TPSA) is 20.3 Å². The molecule has 1 atom stereocenters. The van der Waals surface area contributed by atoms with Crippen molar-refractivity contribution in [1.29, 1.82) is 0 Å². The van der Waals surface area contributed by atoms with Gasteiger partial charge in [-0.2, -0.15) is 0 Å². The number of nitrogens with zero attached hydrogens (tertiary/aromatic N) is 1. The minimum Gasteiger partial charge on any atom is -0.300 e. The minimum absolute atomic E-state index is 0.243. The molecule has 21 heavy (non-hydrogen) atoms. The van der Waals surface area contributed by atoms with Crippen LogP contribution in [0, 0.1) is 5.41 Å². The number of carbonyl (C=O) groups is 1. The maximum Gasteiger partial charge on any atom is 0.169 e. The van der Waals surface area contributed by atoms with Crippen LogP contribution in [0.1, 0.15) is 64.2 Å². The molecule has 0 aliphatic carbocycles. The SMILES string of the molecule is CCCCN(CC(C)(C)C(=O)c1ccccc1)C(C)CC. The van der Waals surface area contributed by atoms with Crippen LogP contribution >= 0.6 is 0 Å². The molecule has 0 N–H and O–H groups in total. The van der Waals surface area contributed by atoms with Crippen molar-refractivity contribution in [3.05, 3.63) is 35.9 Å². The van der Waals surface area contributed by atoms with Crippen LogP contribution in [0.4, 0.5) is 0 Å². The zero-order valence-electron chi connectivity index (χ0n) is 14.4. The standard InChI is InChI=1S/C19H31NO/c1-6-8-14-20(16(3)7-2)15-19(4,5)18(21)17-12-10-9-11-13-17/h9-13,16H,6-8,14-15H2,1-5H3. The van der Waals surface area contributed by atoms with Crippen LogP contribution < -0.4 is 0 Å². The van der Waals surface area contributed by atoms with Gasteiger partial charge in [-0.15, -0.1) is 0 Å². The number of carbonyl (C=O) groups excluding carboxylic acids is 1. The number of rotatable bonds is 9. The number of unbranched alkanes of at least 4 members (excludes halogenated alkanes) is 1. The van der Waals surface area contributed by atoms with E-state index in [1.54, 1.807) is 0 Å². The third-order valence-corrected chi connectivity index (χ3v) is 4.26. The second kappa shape index (κ2) is 8.33. The molecule has 0 saturated carbocycles. The first-order valence-corrected chi connectivity index (χ1v) is 8.26. The van der Waals surface area contributed by atoms with Crippen molar-refractivity contribution in [2.24, 2.45) is 5.41 Å². The van der Waals surface area contributed by atoms with Gasteiger partial charge in [0.25, 0.3) is 0 Å². The fraction of sp³-hybridized carbons (Fsp3) is 0.632. The molecule has 0 amide bonds. The van der Waals surface area contributed by atoms with Crippen LogP contribution in [-0.4, -0.2) is 29.8 Å². The van der Waals surface area contributed by atoms with Gasteiger partial charge in [-0.05, 0) is 26.3 Å². The van der Waals surface area contributed by atoms with Crippen LogP contribution in [0.3, 0.4) is 0 Å². The molecule has 2 nitrogen and oxygen atoms in total. The molecule has 0 bridgehead atoms. The van der Waals surface area contributed by atoms with Crippen molar-refractivity contribution in [2.75, 3.05) is 13.1 Å². The average molecular weight is 289 g/mol. The number of Topliss-reactive ketones (excluding diaryl/α,β-unsaturated/α-hetero) is 1. The normalized spacial score (nSPS) is 13.4. The summed E-state index contributed by atoms with van der Waals surface area (Å²) in [6.07, 6.45) is 3.51. The summed E-state index contributed by atoms with van der Waals surface area (Å²) in [6.45, 7) is 12.8. The lowest BCUT2D eigenvalue weighted by molar-refractivity contribution is 0.0715. The lowest BCUT2D eigenvalue weighted by atomic mass is 9.83. The lowest BCUT2D eigenvalue weighted by Gasteiger charge is -2.35. The Morgan fingerprint density at radius 2 is 1.81 bits per heavy atom. The van der Waals surface area contributed by atoms with Gasteiger partial charge in [0.2, 0.25) is 0 Å². The number of ketones is 1. The molecule has 0 saturated heterocycles. The summed E-state index contributed by atoms with van der Waals surface area (Å²) in [7, 11) is 0. The van der Waals surface area contributed by atoms with Gasteiger partial charge in [-0.1, -0.05) is 64.4 Å². The van der Waals surface area contributed by atoms with E-state index < -0.39 is 0 Å². The van der Waals surface area contributed by atoms with E-state index in [9.17, 15) is 4.79 Å². The third kappa shape index (κ3) is 5.28. The van der Waals surface area contributed by atoms with Gasteiger partial charge in [0.05, 0.1) is 0 Å². The van der Waals surface area contributed by atoms with Crippen molar-refractivity contribution in [3.8, 4) is 0 Å². The Balaban J connectivity index is 2.82. The Morgan fingerprint density at radius 1 is 1.19 bits per heavy atom. The Kier molecular flexibility index (Phi) is 7.10. The molecular weight excluding hydrogens is 258 g/mol. The van der Waals surface area contributed by atoms with E-state index in [0.29, 0.717) is 6.04 Å². The van der Waals surface area contributed by atoms with Crippen LogP contribution in [0.5, 0.6) is 0 Å². The van der Waals surface area contributed by atoms with E-state index in [-0.39, 0.29) is 11.2 Å². The van der Waals surface area contributed by atoms with Gasteiger partial charge in [-0.3, -0.25) is 9.69 Å². The van der Waals surface area contributed by atoms with E-state index >= 15 is 0 Å². The van der Waals surface area contributed by atoms with E-state index in [1.807, 2.05) is 30.3 Å². The first-order chi connectivity index (χ1) is 9.92. The molecule has 2 heteroatoms. The summed E-state index contributed by atoms with van der Waals surface area (Å²) in [5, 5.41) is 0. The molecule has 0 aliphatic rings. The third-order valence-electron chi connectivity index (χ3n) is 4.26. The Morgan fingerprint density at radius 3 is 2.33 bits per heavy atom. The average Bonchev–Trinajstić information content (AvgIpc) is 2.50. The van der Waals surface area contributed by atoms with Crippen molar-refractivity contribution < 1.29 is 4.79 Å². The van der Waals surface area contributed by atoms with Crippen LogP contribution in [-0.2, 0) is 0 Å². The quantitative estimate of drug-likeness (QED) is 0.609. The highest BCUT2D eigenvalue weighted by molar-refractivity contribution is 6.00. The summed E-state index contributed by atoms with van der Waals surface area (Å²) in [6, 6.07) is 10.2. The summed E-state index contributed by atoms with van der Waals surface area (Å²) in [5.74, 6) is 0.243. The second-order valence-corrected chi connectivity index (χ2v) is 6.66. The number of hydrogen-bond acceptors (Lipinski definition) is 2. The zero-order valence-corrected chi connectivity index (χ0v) is 14.4. The molecule has 1 aromatic rings. The maximum atomic E-state index is 12.8. The molecule has 0 radical (unpaired) electrons. The zero-order chi connectivity index (χ0) is 15.9. The van der Waals surface area contributed by atoms with Gasteiger partial charge in [-0.25, -0.2) is 0 Å². The number of hydrogen-bond donors (Lipinski definition) is 0. The molecule has 1 unspecified atom stereocenters. The summed E-state index contributed by atoms with van der Waals surface area (Å²) in [5.41, 5.74) is 0.473. The highest BCUT2D eigenvalue weighted by Crippen LogP contribution is 2.25. The molecule has 0 aliphatic heterocycles. The Bertz CT molecular complexity index is 424. The Hall–Kier alpha value is -1.15. The smallest absolute Gasteiger partial charge is 0.169 e. The van der Waals surface area contributed by atoms with Gasteiger partial charge in [0.15, 0.2) is 5.78 Å². The second-order valence-electron chi connectivity index (χ2n) is 6.66. The lowest BCUT2D eigenvalue weighted by Crippen LogP contribution is -2.43. The monoisotopic (exact) mass is 289 g/mol. The first kappa shape index (κ1) is 17.9. The summed E-state index contributed by atoms with van der Waals surface area (Å²) < 4.78 is 0.